The molecule has 0 bridgehead atoms. The molecule has 4 N–H and O–H groups in total. The van der Waals surface area contributed by atoms with Gasteiger partial charge in [-0.1, -0.05) is 54.6 Å². The van der Waals surface area contributed by atoms with Gasteiger partial charge in [0.15, 0.2) is 0 Å². The van der Waals surface area contributed by atoms with E-state index in [1.54, 1.807) is 24.3 Å². The molecule has 0 fully saturated rings. The summed E-state index contributed by atoms with van der Waals surface area (Å²) in [7, 11) is 0. The van der Waals surface area contributed by atoms with Gasteiger partial charge in [-0.2, -0.15) is 0 Å². The Hall–Kier alpha value is -2.82. The summed E-state index contributed by atoms with van der Waals surface area (Å²) in [6, 6.07) is 25.0. The van der Waals surface area contributed by atoms with Crippen molar-refractivity contribution in [3.8, 4) is 11.5 Å². The fourth-order valence-corrected chi connectivity index (χ4v) is 3.73. The van der Waals surface area contributed by atoms with E-state index in [0.717, 1.165) is 30.4 Å². The van der Waals surface area contributed by atoms with Gasteiger partial charge in [-0.05, 0) is 67.1 Å². The molecule has 3 rings (SSSR count). The Morgan fingerprint density at radius 3 is 1.83 bits per heavy atom. The maximum absolute atomic E-state index is 10.4. The molecule has 0 amide bonds. The number of aliphatic hydroxyl groups excluding tert-OH is 1. The number of nitrogens with one attached hydrogen (secondary N) is 1. The zero-order chi connectivity index (χ0) is 21.3. The highest BCUT2D eigenvalue weighted by Crippen LogP contribution is 2.31. The molecule has 2 atom stereocenters. The van der Waals surface area contributed by atoms with Gasteiger partial charge in [0.2, 0.25) is 0 Å². The molecule has 158 valence electrons. The highest BCUT2D eigenvalue weighted by Gasteiger charge is 2.18. The van der Waals surface area contributed by atoms with Crippen LogP contribution in [0.15, 0.2) is 78.9 Å². The van der Waals surface area contributed by atoms with E-state index in [1.807, 2.05) is 42.5 Å². The molecular weight excluding hydrogens is 374 g/mol. The number of phenols is 2. The van der Waals surface area contributed by atoms with Gasteiger partial charge in [-0.3, -0.25) is 0 Å². The van der Waals surface area contributed by atoms with Gasteiger partial charge in [0.1, 0.15) is 11.5 Å². The van der Waals surface area contributed by atoms with Gasteiger partial charge in [-0.25, -0.2) is 0 Å². The second-order valence-corrected chi connectivity index (χ2v) is 7.96. The van der Waals surface area contributed by atoms with Crippen LogP contribution >= 0.6 is 0 Å². The van der Waals surface area contributed by atoms with Crippen molar-refractivity contribution in [2.45, 2.75) is 44.2 Å². The minimum absolute atomic E-state index is 0.121. The largest absolute Gasteiger partial charge is 0.508 e. The van der Waals surface area contributed by atoms with Gasteiger partial charge >= 0.3 is 0 Å². The van der Waals surface area contributed by atoms with Crippen molar-refractivity contribution < 1.29 is 15.3 Å². The lowest BCUT2D eigenvalue weighted by molar-refractivity contribution is 0.157. The van der Waals surface area contributed by atoms with Crippen molar-refractivity contribution in [2.24, 2.45) is 0 Å². The molecule has 4 heteroatoms. The smallest absolute Gasteiger partial charge is 0.115 e. The number of hydrogen-bond acceptors (Lipinski definition) is 4. The number of hydrogen-bond donors (Lipinski definition) is 4. The number of benzene rings is 3. The molecule has 0 aromatic heterocycles. The molecule has 0 heterocycles. The number of rotatable bonds is 10. The predicted octanol–water partition coefficient (Wildman–Crippen LogP) is 4.59. The van der Waals surface area contributed by atoms with Crippen LogP contribution in [0.2, 0.25) is 0 Å². The van der Waals surface area contributed by atoms with E-state index in [0.29, 0.717) is 6.54 Å². The zero-order valence-electron chi connectivity index (χ0n) is 17.4. The summed E-state index contributed by atoms with van der Waals surface area (Å²) in [5, 5.41) is 33.1. The van der Waals surface area contributed by atoms with Gasteiger partial charge in [0, 0.05) is 18.5 Å². The highest BCUT2D eigenvalue weighted by molar-refractivity contribution is 5.37. The van der Waals surface area contributed by atoms with E-state index in [9.17, 15) is 15.3 Å². The van der Waals surface area contributed by atoms with Crippen LogP contribution in [-0.2, 0) is 6.42 Å². The van der Waals surface area contributed by atoms with Gasteiger partial charge in [0.25, 0.3) is 0 Å². The van der Waals surface area contributed by atoms with E-state index < -0.39 is 6.10 Å². The first-order chi connectivity index (χ1) is 14.5. The van der Waals surface area contributed by atoms with Gasteiger partial charge in [0.05, 0.1) is 6.10 Å². The van der Waals surface area contributed by atoms with Crippen molar-refractivity contribution in [3.63, 3.8) is 0 Å². The van der Waals surface area contributed by atoms with Crippen LogP contribution in [0, 0.1) is 0 Å². The summed E-state index contributed by atoms with van der Waals surface area (Å²) in [5.74, 6) is 0.613. The number of aromatic hydroxyl groups is 2. The molecule has 0 spiro atoms. The van der Waals surface area contributed by atoms with Crippen LogP contribution in [0.4, 0.5) is 0 Å². The zero-order valence-corrected chi connectivity index (χ0v) is 17.4. The highest BCUT2D eigenvalue weighted by atomic mass is 16.3. The van der Waals surface area contributed by atoms with E-state index in [-0.39, 0.29) is 23.5 Å². The SMILES string of the molecule is CC(CC(c1ccc(O)cc1)c1ccc(O)cc1)NCC(O)CCc1ccccc1. The Morgan fingerprint density at radius 1 is 0.767 bits per heavy atom. The first kappa shape index (κ1) is 21.9. The molecule has 0 aliphatic rings. The Morgan fingerprint density at radius 2 is 1.30 bits per heavy atom. The van der Waals surface area contributed by atoms with E-state index in [4.69, 9.17) is 0 Å². The summed E-state index contributed by atoms with van der Waals surface area (Å²) >= 11 is 0. The molecule has 4 nitrogen and oxygen atoms in total. The second kappa shape index (κ2) is 10.8. The Labute approximate surface area is 178 Å². The molecule has 2 unspecified atom stereocenters. The van der Waals surface area contributed by atoms with Gasteiger partial charge in [-0.15, -0.1) is 0 Å². The topological polar surface area (TPSA) is 72.7 Å². The maximum atomic E-state index is 10.4. The normalized spacial score (nSPS) is 13.3. The van der Waals surface area contributed by atoms with Crippen LogP contribution in [0.5, 0.6) is 11.5 Å². The number of aryl methyl sites for hydroxylation is 1. The lowest BCUT2D eigenvalue weighted by Gasteiger charge is -2.24. The molecule has 0 saturated heterocycles. The summed E-state index contributed by atoms with van der Waals surface area (Å²) in [6.45, 7) is 2.67. The molecule has 0 aliphatic heterocycles. The predicted molar refractivity (Wildman–Crippen MR) is 121 cm³/mol. The third-order valence-electron chi connectivity index (χ3n) is 5.49. The molecule has 0 saturated carbocycles. The fraction of sp³-hybridized carbons (Fsp3) is 0.308. The van der Waals surface area contributed by atoms with E-state index in [2.05, 4.69) is 24.4 Å². The van der Waals surface area contributed by atoms with Crippen LogP contribution in [0.1, 0.15) is 42.4 Å². The van der Waals surface area contributed by atoms with Crippen molar-refractivity contribution >= 4 is 0 Å². The van der Waals surface area contributed by atoms with Crippen molar-refractivity contribution in [2.75, 3.05) is 6.54 Å². The molecular formula is C26H31NO3. The Balaban J connectivity index is 1.58. The summed E-state index contributed by atoms with van der Waals surface area (Å²) in [4.78, 5) is 0. The van der Waals surface area contributed by atoms with Crippen LogP contribution < -0.4 is 5.32 Å². The molecule has 30 heavy (non-hydrogen) atoms. The van der Waals surface area contributed by atoms with Crippen molar-refractivity contribution in [1.82, 2.24) is 5.32 Å². The molecule has 0 radical (unpaired) electrons. The standard InChI is InChI=1S/C26H31NO3/c1-19(27-18-25(30)12-7-20-5-3-2-4-6-20)17-26(21-8-13-23(28)14-9-21)22-10-15-24(29)16-11-22/h2-6,8-11,13-16,19,25-30H,7,12,17-18H2,1H3. The molecule has 0 aliphatic carbocycles. The minimum atomic E-state index is -0.395. The second-order valence-electron chi connectivity index (χ2n) is 7.96. The van der Waals surface area contributed by atoms with Crippen molar-refractivity contribution in [3.05, 3.63) is 95.6 Å². The monoisotopic (exact) mass is 405 g/mol. The van der Waals surface area contributed by atoms with Gasteiger partial charge < -0.3 is 20.6 Å². The van der Waals surface area contributed by atoms with Crippen LogP contribution in [0.3, 0.4) is 0 Å². The van der Waals surface area contributed by atoms with Crippen LogP contribution in [-0.4, -0.2) is 34.0 Å². The summed E-state index contributed by atoms with van der Waals surface area (Å²) in [5.41, 5.74) is 3.46. The Bertz CT molecular complexity index is 833. The van der Waals surface area contributed by atoms with Crippen molar-refractivity contribution in [1.29, 1.82) is 0 Å². The molecule has 3 aromatic carbocycles. The number of phenolic OH excluding ortho intramolecular Hbond substituents is 2. The van der Waals surface area contributed by atoms with E-state index >= 15 is 0 Å². The number of aliphatic hydroxyl groups is 1. The maximum Gasteiger partial charge on any atom is 0.115 e. The lowest BCUT2D eigenvalue weighted by atomic mass is 9.86. The van der Waals surface area contributed by atoms with E-state index in [1.165, 1.54) is 5.56 Å². The average molecular weight is 406 g/mol. The van der Waals surface area contributed by atoms with Crippen LogP contribution in [0.25, 0.3) is 0 Å². The summed E-state index contributed by atoms with van der Waals surface area (Å²) in [6.07, 6.45) is 2.03. The minimum Gasteiger partial charge on any atom is -0.508 e. The summed E-state index contributed by atoms with van der Waals surface area (Å²) < 4.78 is 0. The first-order valence-corrected chi connectivity index (χ1v) is 10.5. The fourth-order valence-electron chi connectivity index (χ4n) is 3.73. The average Bonchev–Trinajstić information content (AvgIpc) is 2.77. The third kappa shape index (κ3) is 6.61. The molecule has 3 aromatic rings. The quantitative estimate of drug-likeness (QED) is 0.398. The first-order valence-electron chi connectivity index (χ1n) is 10.5. The lowest BCUT2D eigenvalue weighted by Crippen LogP contribution is -2.35. The third-order valence-corrected chi connectivity index (χ3v) is 5.49. The Kier molecular flexibility index (Phi) is 7.89.